The number of halogens is 1. The molecule has 1 saturated heterocycles. The van der Waals surface area contributed by atoms with Crippen LogP contribution in [0.2, 0.25) is 0 Å². The van der Waals surface area contributed by atoms with Crippen LogP contribution in [0.5, 0.6) is 0 Å². The zero-order valence-electron chi connectivity index (χ0n) is 17.9. The van der Waals surface area contributed by atoms with E-state index in [0.717, 1.165) is 42.0 Å². The number of aromatic nitrogens is 2. The van der Waals surface area contributed by atoms with Gasteiger partial charge in [0, 0.05) is 54.4 Å². The van der Waals surface area contributed by atoms with Crippen LogP contribution in [0.3, 0.4) is 0 Å². The third-order valence-electron chi connectivity index (χ3n) is 5.96. The standard InChI is InChI=1S/C24H27BrN4O2/c1-3-23(18(2)30)29-17-16-28(24(29)31)22-10-8-21(9-11-22)27-14-12-26(13-15-27)20-6-4-19(25)5-7-20/h4-11,16-17,23H,3,12-15H2,1-2H3. The lowest BCUT2D eigenvalue weighted by Crippen LogP contribution is -2.46. The summed E-state index contributed by atoms with van der Waals surface area (Å²) >= 11 is 3.49. The number of carbonyl (C=O) groups excluding carboxylic acids is 1. The minimum absolute atomic E-state index is 0.0000208. The van der Waals surface area contributed by atoms with E-state index in [-0.39, 0.29) is 11.5 Å². The summed E-state index contributed by atoms with van der Waals surface area (Å²) < 4.78 is 4.22. The fourth-order valence-corrected chi connectivity index (χ4v) is 4.47. The molecule has 1 aliphatic rings. The van der Waals surface area contributed by atoms with Gasteiger partial charge in [0.15, 0.2) is 5.78 Å². The third-order valence-corrected chi connectivity index (χ3v) is 6.49. The highest BCUT2D eigenvalue weighted by Crippen LogP contribution is 2.23. The van der Waals surface area contributed by atoms with Crippen LogP contribution in [0.15, 0.2) is 70.2 Å². The molecule has 7 heteroatoms. The molecule has 0 radical (unpaired) electrons. The number of carbonyl (C=O) groups is 1. The van der Waals surface area contributed by atoms with Crippen molar-refractivity contribution in [2.75, 3.05) is 36.0 Å². The van der Waals surface area contributed by atoms with Crippen molar-refractivity contribution in [1.82, 2.24) is 9.13 Å². The lowest BCUT2D eigenvalue weighted by Gasteiger charge is -2.37. The molecule has 0 spiro atoms. The minimum atomic E-state index is -0.407. The third kappa shape index (κ3) is 4.46. The number of piperazine rings is 1. The van der Waals surface area contributed by atoms with Gasteiger partial charge in [0.05, 0.1) is 11.7 Å². The largest absolute Gasteiger partial charge is 0.368 e. The minimum Gasteiger partial charge on any atom is -0.368 e. The summed E-state index contributed by atoms with van der Waals surface area (Å²) in [5.41, 5.74) is 3.03. The average molecular weight is 483 g/mol. The Labute approximate surface area is 190 Å². The Bertz CT molecular complexity index is 1090. The summed E-state index contributed by atoms with van der Waals surface area (Å²) in [4.78, 5) is 29.4. The van der Waals surface area contributed by atoms with E-state index >= 15 is 0 Å². The monoisotopic (exact) mass is 482 g/mol. The molecule has 0 amide bonds. The number of imidazole rings is 1. The summed E-state index contributed by atoms with van der Waals surface area (Å²) in [6.45, 7) is 7.28. The van der Waals surface area contributed by atoms with Crippen molar-refractivity contribution in [3.05, 3.63) is 75.9 Å². The van der Waals surface area contributed by atoms with Gasteiger partial charge in [-0.25, -0.2) is 4.79 Å². The van der Waals surface area contributed by atoms with E-state index in [4.69, 9.17) is 0 Å². The molecule has 1 aliphatic heterocycles. The summed E-state index contributed by atoms with van der Waals surface area (Å²) in [6, 6.07) is 16.1. The van der Waals surface area contributed by atoms with Crippen LogP contribution in [0.4, 0.5) is 11.4 Å². The first-order chi connectivity index (χ1) is 15.0. The van der Waals surface area contributed by atoms with Crippen LogP contribution in [0.25, 0.3) is 5.69 Å². The summed E-state index contributed by atoms with van der Waals surface area (Å²) in [6.07, 6.45) is 4.04. The zero-order valence-corrected chi connectivity index (χ0v) is 19.5. The van der Waals surface area contributed by atoms with Crippen molar-refractivity contribution >= 4 is 33.1 Å². The molecule has 1 fully saturated rings. The van der Waals surface area contributed by atoms with Crippen LogP contribution in [-0.2, 0) is 4.79 Å². The molecule has 1 unspecified atom stereocenters. The maximum Gasteiger partial charge on any atom is 0.333 e. The van der Waals surface area contributed by atoms with Gasteiger partial charge in [-0.05, 0) is 61.9 Å². The Kier molecular flexibility index (Phi) is 6.32. The van der Waals surface area contributed by atoms with Gasteiger partial charge in [0.2, 0.25) is 0 Å². The molecule has 6 nitrogen and oxygen atoms in total. The van der Waals surface area contributed by atoms with Crippen molar-refractivity contribution in [1.29, 1.82) is 0 Å². The van der Waals surface area contributed by atoms with Gasteiger partial charge >= 0.3 is 5.69 Å². The number of hydrogen-bond acceptors (Lipinski definition) is 4. The highest BCUT2D eigenvalue weighted by atomic mass is 79.9. The Morgan fingerprint density at radius 3 is 1.84 bits per heavy atom. The number of hydrogen-bond donors (Lipinski definition) is 0. The summed E-state index contributed by atoms with van der Waals surface area (Å²) in [7, 11) is 0. The number of Topliss-reactive ketones (excluding diaryl/α,β-unsaturated/α-hetero) is 1. The number of rotatable bonds is 6. The van der Waals surface area contributed by atoms with E-state index in [1.165, 1.54) is 17.2 Å². The lowest BCUT2D eigenvalue weighted by molar-refractivity contribution is -0.120. The Morgan fingerprint density at radius 1 is 0.871 bits per heavy atom. The first kappa shape index (κ1) is 21.4. The molecular formula is C24H27BrN4O2. The van der Waals surface area contributed by atoms with Gasteiger partial charge in [0.1, 0.15) is 0 Å². The maximum atomic E-state index is 12.8. The van der Waals surface area contributed by atoms with Crippen LogP contribution in [0.1, 0.15) is 26.3 Å². The van der Waals surface area contributed by atoms with Crippen LogP contribution < -0.4 is 15.5 Å². The summed E-state index contributed by atoms with van der Waals surface area (Å²) in [5.74, 6) is -0.0000208. The topological polar surface area (TPSA) is 50.5 Å². The Hall–Kier alpha value is -2.80. The van der Waals surface area contributed by atoms with Gasteiger partial charge in [-0.3, -0.25) is 13.9 Å². The van der Waals surface area contributed by atoms with Crippen LogP contribution >= 0.6 is 15.9 Å². The van der Waals surface area contributed by atoms with Crippen molar-refractivity contribution in [2.24, 2.45) is 0 Å². The second kappa shape index (κ2) is 9.14. The van der Waals surface area contributed by atoms with Crippen molar-refractivity contribution in [3.63, 3.8) is 0 Å². The van der Waals surface area contributed by atoms with Crippen LogP contribution in [-0.4, -0.2) is 41.1 Å². The average Bonchev–Trinajstić information content (AvgIpc) is 3.16. The Morgan fingerprint density at radius 2 is 1.35 bits per heavy atom. The van der Waals surface area contributed by atoms with E-state index in [2.05, 4.69) is 62.1 Å². The van der Waals surface area contributed by atoms with E-state index in [0.29, 0.717) is 6.42 Å². The normalized spacial score (nSPS) is 15.2. The molecular weight excluding hydrogens is 456 g/mol. The van der Waals surface area contributed by atoms with Gasteiger partial charge in [0.25, 0.3) is 0 Å². The highest BCUT2D eigenvalue weighted by Gasteiger charge is 2.19. The predicted octanol–water partition coefficient (Wildman–Crippen LogP) is 4.27. The van der Waals surface area contributed by atoms with Gasteiger partial charge in [-0.2, -0.15) is 0 Å². The van der Waals surface area contributed by atoms with Gasteiger partial charge in [-0.15, -0.1) is 0 Å². The van der Waals surface area contributed by atoms with Crippen molar-refractivity contribution in [3.8, 4) is 5.69 Å². The number of anilines is 2. The molecule has 31 heavy (non-hydrogen) atoms. The molecule has 0 saturated carbocycles. The molecule has 4 rings (SSSR count). The molecule has 2 heterocycles. The van der Waals surface area contributed by atoms with Gasteiger partial charge < -0.3 is 9.80 Å². The number of nitrogens with zero attached hydrogens (tertiary/aromatic N) is 4. The predicted molar refractivity (Wildman–Crippen MR) is 129 cm³/mol. The Balaban J connectivity index is 1.45. The quantitative estimate of drug-likeness (QED) is 0.526. The molecule has 1 atom stereocenters. The SMILES string of the molecule is CCC(C(C)=O)n1ccn(-c2ccc(N3CCN(c4ccc(Br)cc4)CC3)cc2)c1=O. The van der Waals surface area contributed by atoms with E-state index < -0.39 is 6.04 Å². The maximum absolute atomic E-state index is 12.8. The molecule has 1 aromatic heterocycles. The van der Waals surface area contributed by atoms with Gasteiger partial charge in [-0.1, -0.05) is 22.9 Å². The molecule has 0 bridgehead atoms. The van der Waals surface area contributed by atoms with E-state index in [9.17, 15) is 9.59 Å². The first-order valence-electron chi connectivity index (χ1n) is 10.6. The number of benzene rings is 2. The smallest absolute Gasteiger partial charge is 0.333 e. The molecule has 162 valence electrons. The second-order valence-electron chi connectivity index (χ2n) is 7.86. The first-order valence-corrected chi connectivity index (χ1v) is 11.4. The highest BCUT2D eigenvalue weighted by molar-refractivity contribution is 9.10. The molecule has 0 N–H and O–H groups in total. The summed E-state index contributed by atoms with van der Waals surface area (Å²) in [5, 5.41) is 0. The molecule has 2 aromatic carbocycles. The number of ketones is 1. The molecule has 3 aromatic rings. The fraction of sp³-hybridized carbons (Fsp3) is 0.333. The van der Waals surface area contributed by atoms with Crippen molar-refractivity contribution in [2.45, 2.75) is 26.3 Å². The lowest BCUT2D eigenvalue weighted by atomic mass is 10.1. The van der Waals surface area contributed by atoms with E-state index in [1.54, 1.807) is 17.0 Å². The zero-order chi connectivity index (χ0) is 22.0. The van der Waals surface area contributed by atoms with Crippen molar-refractivity contribution < 1.29 is 4.79 Å². The van der Waals surface area contributed by atoms with E-state index in [1.807, 2.05) is 19.1 Å². The fourth-order valence-electron chi connectivity index (χ4n) is 4.20. The van der Waals surface area contributed by atoms with Crippen LogP contribution in [0, 0.1) is 0 Å². The molecule has 0 aliphatic carbocycles. The second-order valence-corrected chi connectivity index (χ2v) is 8.78.